The fourth-order valence-corrected chi connectivity index (χ4v) is 1.72. The van der Waals surface area contributed by atoms with Gasteiger partial charge in [-0.25, -0.2) is 0 Å². The molecule has 1 aromatic rings. The van der Waals surface area contributed by atoms with Crippen LogP contribution >= 0.6 is 34.5 Å². The molecule has 1 atom stereocenters. The monoisotopic (exact) mass is 210 g/mol. The van der Waals surface area contributed by atoms with Gasteiger partial charge in [0.2, 0.25) is 0 Å². The largest absolute Gasteiger partial charge is 0.480 e. The lowest BCUT2D eigenvalue weighted by molar-refractivity contribution is -0.136. The van der Waals surface area contributed by atoms with E-state index in [1.165, 1.54) is 11.3 Å². The number of hydrogen-bond donors (Lipinski definition) is 1. The van der Waals surface area contributed by atoms with Crippen molar-refractivity contribution in [1.82, 2.24) is 0 Å². The molecular weight excluding hydrogens is 207 g/mol. The Balaban J connectivity index is 2.84. The Morgan fingerprint density at radius 3 is 2.73 bits per heavy atom. The van der Waals surface area contributed by atoms with Crippen LogP contribution in [0.3, 0.4) is 0 Å². The van der Waals surface area contributed by atoms with Crippen molar-refractivity contribution in [2.24, 2.45) is 0 Å². The summed E-state index contributed by atoms with van der Waals surface area (Å²) >= 11 is 12.3. The zero-order valence-electron chi connectivity index (χ0n) is 5.25. The van der Waals surface area contributed by atoms with Crippen LogP contribution in [0, 0.1) is 0 Å². The summed E-state index contributed by atoms with van der Waals surface area (Å²) in [5, 5.41) is 9.12. The zero-order valence-corrected chi connectivity index (χ0v) is 7.58. The summed E-state index contributed by atoms with van der Waals surface area (Å²) in [6, 6.07) is 1.55. The van der Waals surface area contributed by atoms with Gasteiger partial charge >= 0.3 is 5.97 Å². The van der Waals surface area contributed by atoms with Crippen LogP contribution in [0.15, 0.2) is 11.4 Å². The fraction of sp³-hybridized carbons (Fsp3) is 0.167. The highest BCUT2D eigenvalue weighted by Crippen LogP contribution is 2.28. The molecule has 5 heteroatoms. The van der Waals surface area contributed by atoms with Crippen LogP contribution in [-0.2, 0) is 4.79 Å². The zero-order chi connectivity index (χ0) is 8.43. The molecule has 0 aromatic carbocycles. The lowest BCUT2D eigenvalue weighted by Gasteiger charge is -1.97. The SMILES string of the molecule is O=C(O)C(Cl)c1csc(Cl)c1. The molecule has 0 spiro atoms. The van der Waals surface area contributed by atoms with Gasteiger partial charge in [0.15, 0.2) is 5.38 Å². The summed E-state index contributed by atoms with van der Waals surface area (Å²) in [6.45, 7) is 0. The predicted octanol–water partition coefficient (Wildman–Crippen LogP) is 2.77. The molecule has 0 radical (unpaired) electrons. The lowest BCUT2D eigenvalue weighted by Crippen LogP contribution is -2.03. The molecule has 1 rings (SSSR count). The Kier molecular flexibility index (Phi) is 2.76. The molecule has 1 heterocycles. The summed E-state index contributed by atoms with van der Waals surface area (Å²) in [5.74, 6) is -1.05. The van der Waals surface area contributed by atoms with E-state index in [2.05, 4.69) is 0 Å². The second-order valence-electron chi connectivity index (χ2n) is 1.88. The second-order valence-corrected chi connectivity index (χ2v) is 3.86. The van der Waals surface area contributed by atoms with Crippen molar-refractivity contribution in [1.29, 1.82) is 0 Å². The van der Waals surface area contributed by atoms with Crippen molar-refractivity contribution in [2.45, 2.75) is 5.38 Å². The number of hydrogen-bond acceptors (Lipinski definition) is 2. The minimum absolute atomic E-state index is 0.536. The maximum Gasteiger partial charge on any atom is 0.326 e. The number of carbonyl (C=O) groups is 1. The van der Waals surface area contributed by atoms with E-state index < -0.39 is 11.3 Å². The average Bonchev–Trinajstić information content (AvgIpc) is 2.34. The topological polar surface area (TPSA) is 37.3 Å². The third-order valence-electron chi connectivity index (χ3n) is 1.10. The lowest BCUT2D eigenvalue weighted by atomic mass is 10.2. The van der Waals surface area contributed by atoms with Crippen molar-refractivity contribution < 1.29 is 9.90 Å². The first-order chi connectivity index (χ1) is 5.11. The molecule has 1 unspecified atom stereocenters. The Morgan fingerprint density at radius 1 is 1.73 bits per heavy atom. The Labute approximate surface area is 77.4 Å². The van der Waals surface area contributed by atoms with E-state index in [1.54, 1.807) is 11.4 Å². The normalized spacial score (nSPS) is 12.9. The minimum atomic E-state index is -1.05. The molecule has 0 aliphatic carbocycles. The van der Waals surface area contributed by atoms with Gasteiger partial charge < -0.3 is 5.11 Å². The molecule has 60 valence electrons. The number of aliphatic carboxylic acids is 1. The highest BCUT2D eigenvalue weighted by atomic mass is 35.5. The molecule has 1 aromatic heterocycles. The quantitative estimate of drug-likeness (QED) is 0.763. The first-order valence-electron chi connectivity index (χ1n) is 2.72. The third kappa shape index (κ3) is 2.09. The van der Waals surface area contributed by atoms with Crippen LogP contribution in [0.2, 0.25) is 4.34 Å². The molecule has 0 saturated heterocycles. The van der Waals surface area contributed by atoms with Gasteiger partial charge in [0.1, 0.15) is 0 Å². The van der Waals surface area contributed by atoms with E-state index in [9.17, 15) is 4.79 Å². The summed E-state index contributed by atoms with van der Waals surface area (Å²) in [4.78, 5) is 10.3. The summed E-state index contributed by atoms with van der Waals surface area (Å²) in [5.41, 5.74) is 0.536. The van der Waals surface area contributed by atoms with Gasteiger partial charge in [-0.05, 0) is 17.0 Å². The Hall–Kier alpha value is -0.250. The van der Waals surface area contributed by atoms with Crippen LogP contribution < -0.4 is 0 Å². The first kappa shape index (κ1) is 8.84. The number of thiophene rings is 1. The molecule has 0 aliphatic heterocycles. The van der Waals surface area contributed by atoms with Crippen LogP contribution in [0.1, 0.15) is 10.9 Å². The van der Waals surface area contributed by atoms with Gasteiger partial charge in [0, 0.05) is 0 Å². The molecule has 2 nitrogen and oxygen atoms in total. The highest BCUT2D eigenvalue weighted by molar-refractivity contribution is 7.14. The predicted molar refractivity (Wildman–Crippen MR) is 45.6 cm³/mol. The van der Waals surface area contributed by atoms with E-state index in [1.807, 2.05) is 0 Å². The molecule has 0 bridgehead atoms. The third-order valence-corrected chi connectivity index (χ3v) is 2.65. The molecular formula is C6H4Cl2O2S. The number of halogens is 2. The second kappa shape index (κ2) is 3.43. The average molecular weight is 211 g/mol. The van der Waals surface area contributed by atoms with E-state index >= 15 is 0 Å². The summed E-state index contributed by atoms with van der Waals surface area (Å²) in [7, 11) is 0. The first-order valence-corrected chi connectivity index (χ1v) is 4.41. The van der Waals surface area contributed by atoms with Gasteiger partial charge in [-0.1, -0.05) is 11.6 Å². The van der Waals surface area contributed by atoms with Crippen LogP contribution in [0.5, 0.6) is 0 Å². The van der Waals surface area contributed by atoms with Gasteiger partial charge in [-0.3, -0.25) is 4.79 Å². The summed E-state index contributed by atoms with van der Waals surface area (Å²) in [6.07, 6.45) is 0. The van der Waals surface area contributed by atoms with E-state index in [-0.39, 0.29) is 0 Å². The molecule has 1 N–H and O–H groups in total. The van der Waals surface area contributed by atoms with Crippen molar-refractivity contribution >= 4 is 40.5 Å². The summed E-state index contributed by atoms with van der Waals surface area (Å²) < 4.78 is 0.548. The standard InChI is InChI=1S/C6H4Cl2O2S/c7-4-1-3(2-11-4)5(8)6(9)10/h1-2,5H,(H,9,10). The number of carboxylic acids is 1. The Morgan fingerprint density at radius 2 is 2.36 bits per heavy atom. The van der Waals surface area contributed by atoms with Crippen molar-refractivity contribution in [3.8, 4) is 0 Å². The van der Waals surface area contributed by atoms with Crippen LogP contribution in [0.25, 0.3) is 0 Å². The maximum atomic E-state index is 10.3. The van der Waals surface area contributed by atoms with Gasteiger partial charge in [-0.15, -0.1) is 22.9 Å². The Bertz CT molecular complexity index is 271. The van der Waals surface area contributed by atoms with Gasteiger partial charge in [0.25, 0.3) is 0 Å². The van der Waals surface area contributed by atoms with Crippen molar-refractivity contribution in [2.75, 3.05) is 0 Å². The van der Waals surface area contributed by atoms with E-state index in [0.717, 1.165) is 0 Å². The fourth-order valence-electron chi connectivity index (χ4n) is 0.599. The molecule has 0 amide bonds. The molecule has 0 aliphatic rings. The van der Waals surface area contributed by atoms with Crippen LogP contribution in [-0.4, -0.2) is 11.1 Å². The van der Waals surface area contributed by atoms with E-state index in [0.29, 0.717) is 9.90 Å². The molecule has 0 saturated carbocycles. The van der Waals surface area contributed by atoms with Crippen molar-refractivity contribution in [3.63, 3.8) is 0 Å². The highest BCUT2D eigenvalue weighted by Gasteiger charge is 2.17. The minimum Gasteiger partial charge on any atom is -0.480 e. The van der Waals surface area contributed by atoms with Crippen molar-refractivity contribution in [3.05, 3.63) is 21.3 Å². The molecule has 0 fully saturated rings. The smallest absolute Gasteiger partial charge is 0.326 e. The van der Waals surface area contributed by atoms with E-state index in [4.69, 9.17) is 28.3 Å². The number of rotatable bonds is 2. The number of carboxylic acid groups (broad SMARTS) is 1. The van der Waals surface area contributed by atoms with Gasteiger partial charge in [0.05, 0.1) is 4.34 Å². The number of alkyl halides is 1. The maximum absolute atomic E-state index is 10.3. The van der Waals surface area contributed by atoms with Crippen LogP contribution in [0.4, 0.5) is 0 Å². The van der Waals surface area contributed by atoms with Gasteiger partial charge in [-0.2, -0.15) is 0 Å². The molecule has 11 heavy (non-hydrogen) atoms.